The van der Waals surface area contributed by atoms with E-state index in [1.807, 2.05) is 37.4 Å². The lowest BCUT2D eigenvalue weighted by Gasteiger charge is -2.17. The molecule has 1 saturated heterocycles. The molecule has 0 saturated carbocycles. The van der Waals surface area contributed by atoms with E-state index in [0.717, 1.165) is 17.0 Å². The monoisotopic (exact) mass is 357 g/mol. The van der Waals surface area contributed by atoms with Crippen LogP contribution in [-0.4, -0.2) is 37.2 Å². The van der Waals surface area contributed by atoms with Gasteiger partial charge in [0, 0.05) is 36.1 Å². The molecule has 1 fully saturated rings. The van der Waals surface area contributed by atoms with Crippen molar-refractivity contribution >= 4 is 41.7 Å². The molecule has 1 aromatic rings. The first-order chi connectivity index (χ1) is 10.5. The lowest BCUT2D eigenvalue weighted by molar-refractivity contribution is -0.126. The molecule has 7 heteroatoms. The van der Waals surface area contributed by atoms with Crippen LogP contribution in [0, 0.1) is 5.92 Å². The molecule has 0 spiro atoms. The number of thioether (sulfide) groups is 1. The normalized spacial score (nSPS) is 18.5. The number of nitrogens with one attached hydrogen (secondary N) is 1. The fourth-order valence-corrected chi connectivity index (χ4v) is 2.87. The molecule has 2 atom stereocenters. The van der Waals surface area contributed by atoms with E-state index in [2.05, 4.69) is 5.32 Å². The predicted octanol–water partition coefficient (Wildman–Crippen LogP) is 2.04. The van der Waals surface area contributed by atoms with Crippen molar-refractivity contribution in [3.8, 4) is 0 Å². The van der Waals surface area contributed by atoms with Gasteiger partial charge in [-0.3, -0.25) is 9.59 Å². The molecule has 3 N–H and O–H groups in total. The van der Waals surface area contributed by atoms with Gasteiger partial charge in [0.2, 0.25) is 11.8 Å². The molecule has 0 bridgehead atoms. The largest absolute Gasteiger partial charge is 0.356 e. The molecule has 1 aromatic carbocycles. The van der Waals surface area contributed by atoms with Crippen LogP contribution in [0.3, 0.4) is 0 Å². The second-order valence-corrected chi connectivity index (χ2v) is 6.54. The van der Waals surface area contributed by atoms with Crippen LogP contribution >= 0.6 is 24.2 Å². The second kappa shape index (κ2) is 9.15. The van der Waals surface area contributed by atoms with Gasteiger partial charge in [0.15, 0.2) is 0 Å². The van der Waals surface area contributed by atoms with Crippen molar-refractivity contribution in [3.05, 3.63) is 24.3 Å². The van der Waals surface area contributed by atoms with E-state index in [9.17, 15) is 9.59 Å². The van der Waals surface area contributed by atoms with Gasteiger partial charge in [-0.05, 0) is 43.9 Å². The van der Waals surface area contributed by atoms with Crippen molar-refractivity contribution < 1.29 is 9.59 Å². The maximum Gasteiger partial charge on any atom is 0.227 e. The third-order valence-corrected chi connectivity index (χ3v) is 4.52. The zero-order chi connectivity index (χ0) is 16.1. The lowest BCUT2D eigenvalue weighted by Crippen LogP contribution is -2.35. The van der Waals surface area contributed by atoms with E-state index in [1.54, 1.807) is 16.7 Å². The summed E-state index contributed by atoms with van der Waals surface area (Å²) in [6.45, 7) is 2.91. The Bertz CT molecular complexity index is 537. The number of benzene rings is 1. The number of halogens is 1. The minimum atomic E-state index is -0.277. The first-order valence-corrected chi connectivity index (χ1v) is 8.71. The van der Waals surface area contributed by atoms with Gasteiger partial charge in [0.25, 0.3) is 0 Å². The number of rotatable bonds is 6. The minimum absolute atomic E-state index is 0. The van der Waals surface area contributed by atoms with E-state index in [4.69, 9.17) is 5.73 Å². The van der Waals surface area contributed by atoms with Crippen LogP contribution in [0.4, 0.5) is 5.69 Å². The van der Waals surface area contributed by atoms with E-state index in [1.165, 1.54) is 0 Å². The SMILES string of the molecule is CSc1ccc(N2CC(C(=O)NCCC(C)N)CC2=O)cc1.Cl. The summed E-state index contributed by atoms with van der Waals surface area (Å²) in [6.07, 6.45) is 3.03. The molecule has 0 radical (unpaired) electrons. The Labute approximate surface area is 147 Å². The summed E-state index contributed by atoms with van der Waals surface area (Å²) in [5.41, 5.74) is 6.52. The zero-order valence-corrected chi connectivity index (χ0v) is 15.1. The number of amides is 2. The maximum atomic E-state index is 12.1. The van der Waals surface area contributed by atoms with Crippen molar-refractivity contribution in [3.63, 3.8) is 0 Å². The molecule has 2 unspecified atom stereocenters. The molecule has 5 nitrogen and oxygen atoms in total. The van der Waals surface area contributed by atoms with E-state index in [-0.39, 0.29) is 42.6 Å². The molecular formula is C16H24ClN3O2S. The van der Waals surface area contributed by atoms with Gasteiger partial charge in [-0.25, -0.2) is 0 Å². The first kappa shape index (κ1) is 19.8. The van der Waals surface area contributed by atoms with Crippen molar-refractivity contribution in [2.75, 3.05) is 24.2 Å². The van der Waals surface area contributed by atoms with Crippen molar-refractivity contribution in [2.24, 2.45) is 11.7 Å². The summed E-state index contributed by atoms with van der Waals surface area (Å²) in [7, 11) is 0. The fourth-order valence-electron chi connectivity index (χ4n) is 2.46. The minimum Gasteiger partial charge on any atom is -0.356 e. The zero-order valence-electron chi connectivity index (χ0n) is 13.5. The van der Waals surface area contributed by atoms with Gasteiger partial charge in [0.1, 0.15) is 0 Å². The Morgan fingerprint density at radius 2 is 2.09 bits per heavy atom. The lowest BCUT2D eigenvalue weighted by atomic mass is 10.1. The van der Waals surface area contributed by atoms with E-state index >= 15 is 0 Å². The van der Waals surface area contributed by atoms with Crippen LogP contribution < -0.4 is 16.0 Å². The van der Waals surface area contributed by atoms with Crippen LogP contribution in [0.25, 0.3) is 0 Å². The average molecular weight is 358 g/mol. The second-order valence-electron chi connectivity index (χ2n) is 5.66. The Balaban J connectivity index is 0.00000264. The van der Waals surface area contributed by atoms with Gasteiger partial charge >= 0.3 is 0 Å². The number of hydrogen-bond acceptors (Lipinski definition) is 4. The van der Waals surface area contributed by atoms with Crippen molar-refractivity contribution in [1.29, 1.82) is 0 Å². The highest BCUT2D eigenvalue weighted by atomic mass is 35.5. The summed E-state index contributed by atoms with van der Waals surface area (Å²) < 4.78 is 0. The maximum absolute atomic E-state index is 12.1. The third-order valence-electron chi connectivity index (χ3n) is 3.78. The topological polar surface area (TPSA) is 75.4 Å². The number of anilines is 1. The van der Waals surface area contributed by atoms with Gasteiger partial charge in [-0.1, -0.05) is 0 Å². The highest BCUT2D eigenvalue weighted by molar-refractivity contribution is 7.98. The molecule has 23 heavy (non-hydrogen) atoms. The third kappa shape index (κ3) is 5.41. The Kier molecular flexibility index (Phi) is 7.88. The summed E-state index contributed by atoms with van der Waals surface area (Å²) in [4.78, 5) is 27.1. The van der Waals surface area contributed by atoms with Crippen molar-refractivity contribution in [1.82, 2.24) is 5.32 Å². The number of hydrogen-bond donors (Lipinski definition) is 2. The van der Waals surface area contributed by atoms with Crippen LogP contribution in [0.1, 0.15) is 19.8 Å². The first-order valence-electron chi connectivity index (χ1n) is 7.49. The van der Waals surface area contributed by atoms with Gasteiger partial charge in [-0.15, -0.1) is 24.2 Å². The summed E-state index contributed by atoms with van der Waals surface area (Å²) in [5, 5.41) is 2.87. The van der Waals surface area contributed by atoms with Crippen LogP contribution in [0.15, 0.2) is 29.2 Å². The van der Waals surface area contributed by atoms with Gasteiger partial charge in [0.05, 0.1) is 5.92 Å². The van der Waals surface area contributed by atoms with Crippen molar-refractivity contribution in [2.45, 2.75) is 30.7 Å². The van der Waals surface area contributed by atoms with Gasteiger partial charge < -0.3 is 16.0 Å². The van der Waals surface area contributed by atoms with Crippen LogP contribution in [-0.2, 0) is 9.59 Å². The van der Waals surface area contributed by atoms with E-state index < -0.39 is 0 Å². The summed E-state index contributed by atoms with van der Waals surface area (Å²) in [5.74, 6) is -0.331. The highest BCUT2D eigenvalue weighted by Gasteiger charge is 2.34. The molecule has 0 aromatic heterocycles. The van der Waals surface area contributed by atoms with Gasteiger partial charge in [-0.2, -0.15) is 0 Å². The molecule has 1 heterocycles. The molecule has 0 aliphatic carbocycles. The average Bonchev–Trinajstić information content (AvgIpc) is 2.89. The fraction of sp³-hybridized carbons (Fsp3) is 0.500. The molecular weight excluding hydrogens is 334 g/mol. The number of carbonyl (C=O) groups is 2. The Morgan fingerprint density at radius 1 is 1.43 bits per heavy atom. The molecule has 128 valence electrons. The molecule has 1 aliphatic heterocycles. The molecule has 2 amide bonds. The highest BCUT2D eigenvalue weighted by Crippen LogP contribution is 2.27. The standard InChI is InChI=1S/C16H23N3O2S.ClH/c1-11(17)7-8-18-16(21)12-9-15(20)19(10-12)13-3-5-14(22-2)6-4-13;/h3-6,11-12H,7-10,17H2,1-2H3,(H,18,21);1H. The van der Waals surface area contributed by atoms with E-state index in [0.29, 0.717) is 13.1 Å². The predicted molar refractivity (Wildman–Crippen MR) is 97.2 cm³/mol. The number of carbonyl (C=O) groups excluding carboxylic acids is 2. The number of nitrogens with two attached hydrogens (primary N) is 1. The summed E-state index contributed by atoms with van der Waals surface area (Å²) >= 11 is 1.66. The summed E-state index contributed by atoms with van der Waals surface area (Å²) in [6, 6.07) is 7.91. The molecule has 2 rings (SSSR count). The quantitative estimate of drug-likeness (QED) is 0.764. The Hall–Kier alpha value is -1.24. The number of nitrogens with zero attached hydrogens (tertiary/aromatic N) is 1. The van der Waals surface area contributed by atoms with Crippen LogP contribution in [0.2, 0.25) is 0 Å². The smallest absolute Gasteiger partial charge is 0.227 e. The Morgan fingerprint density at radius 3 is 2.65 bits per heavy atom. The molecule has 1 aliphatic rings. The van der Waals surface area contributed by atoms with Crippen LogP contribution in [0.5, 0.6) is 0 Å².